The molecule has 0 atom stereocenters. The smallest absolute Gasteiger partial charge is 0.264 e. The Balaban J connectivity index is 1.43. The molecule has 0 aliphatic carbocycles. The normalized spacial score (nSPS) is 10.7. The van der Waals surface area contributed by atoms with E-state index in [4.69, 9.17) is 18.7 Å². The van der Waals surface area contributed by atoms with E-state index in [0.29, 0.717) is 33.9 Å². The van der Waals surface area contributed by atoms with Crippen molar-refractivity contribution in [1.29, 1.82) is 0 Å². The van der Waals surface area contributed by atoms with Crippen LogP contribution in [0.2, 0.25) is 0 Å². The van der Waals surface area contributed by atoms with Crippen LogP contribution < -0.4 is 14.8 Å². The third kappa shape index (κ3) is 5.07. The van der Waals surface area contributed by atoms with Gasteiger partial charge < -0.3 is 18.7 Å². The van der Waals surface area contributed by atoms with Crippen molar-refractivity contribution in [2.75, 3.05) is 26.1 Å². The maximum Gasteiger partial charge on any atom is 0.264 e. The predicted molar refractivity (Wildman–Crippen MR) is 116 cm³/mol. The van der Waals surface area contributed by atoms with Crippen molar-refractivity contribution in [1.82, 2.24) is 20.3 Å². The molecule has 0 fully saturated rings. The Morgan fingerprint density at radius 2 is 1.91 bits per heavy atom. The molecule has 2 heterocycles. The number of methoxy groups -OCH3 is 2. The highest BCUT2D eigenvalue weighted by Crippen LogP contribution is 2.30. The molecule has 0 radical (unpaired) electrons. The van der Waals surface area contributed by atoms with E-state index in [-0.39, 0.29) is 18.4 Å². The van der Waals surface area contributed by atoms with Crippen LogP contribution in [0.3, 0.4) is 0 Å². The first kappa shape index (κ1) is 21.4. The second-order valence-electron chi connectivity index (χ2n) is 6.42. The number of amides is 1. The van der Waals surface area contributed by atoms with E-state index in [9.17, 15) is 4.79 Å². The molecular weight excluding hydrogens is 434 g/mol. The van der Waals surface area contributed by atoms with Crippen molar-refractivity contribution in [3.8, 4) is 34.3 Å². The summed E-state index contributed by atoms with van der Waals surface area (Å²) in [6.45, 7) is 0.107. The maximum atomic E-state index is 12.3. The Kier molecular flexibility index (Phi) is 6.68. The van der Waals surface area contributed by atoms with E-state index in [1.807, 2.05) is 30.3 Å². The van der Waals surface area contributed by atoms with Gasteiger partial charge in [-0.15, -0.1) is 10.2 Å². The molecule has 1 amide bonds. The van der Waals surface area contributed by atoms with Crippen molar-refractivity contribution in [3.05, 3.63) is 53.5 Å². The number of hydrogen-bond donors (Lipinski definition) is 1. The first-order valence-electron chi connectivity index (χ1n) is 9.48. The van der Waals surface area contributed by atoms with E-state index < -0.39 is 0 Å². The van der Waals surface area contributed by atoms with Crippen molar-refractivity contribution in [2.24, 2.45) is 0 Å². The van der Waals surface area contributed by atoms with Gasteiger partial charge in [0.1, 0.15) is 23.1 Å². The molecule has 11 heteroatoms. The van der Waals surface area contributed by atoms with Crippen LogP contribution in [0.4, 0.5) is 5.13 Å². The zero-order valence-electron chi connectivity index (χ0n) is 17.3. The van der Waals surface area contributed by atoms with Crippen LogP contribution >= 0.6 is 11.3 Å². The molecule has 0 aliphatic heterocycles. The summed E-state index contributed by atoms with van der Waals surface area (Å²) < 4.78 is 21.3. The summed E-state index contributed by atoms with van der Waals surface area (Å²) in [5, 5.41) is 15.5. The summed E-state index contributed by atoms with van der Waals surface area (Å²) in [6.07, 6.45) is 0. The minimum atomic E-state index is -0.371. The Labute approximate surface area is 187 Å². The molecule has 164 valence electrons. The molecule has 1 N–H and O–H groups in total. The van der Waals surface area contributed by atoms with Gasteiger partial charge in [0.15, 0.2) is 6.61 Å². The SMILES string of the molecule is COCc1nnc(NC(=O)COc2ccccc2-c2nc(-c3ccc(OC)cc3)no2)s1. The Morgan fingerprint density at radius 1 is 1.09 bits per heavy atom. The zero-order chi connectivity index (χ0) is 22.3. The van der Waals surface area contributed by atoms with Gasteiger partial charge in [0.2, 0.25) is 11.0 Å². The Hall–Kier alpha value is -3.83. The molecule has 0 saturated heterocycles. The number of carbonyl (C=O) groups is 1. The van der Waals surface area contributed by atoms with E-state index in [2.05, 4.69) is 25.7 Å². The van der Waals surface area contributed by atoms with Gasteiger partial charge in [-0.25, -0.2) is 0 Å². The standard InChI is InChI=1S/C21H19N5O5S/c1-28-12-18-24-25-21(32-18)22-17(27)11-30-16-6-4-3-5-15(16)20-23-19(26-31-20)13-7-9-14(29-2)10-8-13/h3-10H,11-12H2,1-2H3,(H,22,25,27). The Bertz CT molecular complexity index is 1190. The molecule has 4 rings (SSSR count). The number of carbonyl (C=O) groups excluding carboxylic acids is 1. The van der Waals surface area contributed by atoms with Crippen LogP contribution in [0.5, 0.6) is 11.5 Å². The number of hydrogen-bond acceptors (Lipinski definition) is 10. The molecule has 10 nitrogen and oxygen atoms in total. The number of aromatic nitrogens is 4. The van der Waals surface area contributed by atoms with E-state index in [1.54, 1.807) is 32.4 Å². The molecule has 0 saturated carbocycles. The third-order valence-corrected chi connectivity index (χ3v) is 5.04. The summed E-state index contributed by atoms with van der Waals surface area (Å²) in [7, 11) is 3.17. The zero-order valence-corrected chi connectivity index (χ0v) is 18.1. The van der Waals surface area contributed by atoms with Gasteiger partial charge >= 0.3 is 0 Å². The van der Waals surface area contributed by atoms with Crippen LogP contribution in [-0.2, 0) is 16.1 Å². The first-order chi connectivity index (χ1) is 15.7. The van der Waals surface area contributed by atoms with Crippen molar-refractivity contribution >= 4 is 22.4 Å². The van der Waals surface area contributed by atoms with Gasteiger partial charge in [-0.2, -0.15) is 4.98 Å². The second kappa shape index (κ2) is 9.98. The van der Waals surface area contributed by atoms with Crippen LogP contribution in [0.15, 0.2) is 53.1 Å². The second-order valence-corrected chi connectivity index (χ2v) is 7.48. The number of anilines is 1. The fourth-order valence-electron chi connectivity index (χ4n) is 2.74. The Morgan fingerprint density at radius 3 is 2.69 bits per heavy atom. The first-order valence-corrected chi connectivity index (χ1v) is 10.3. The van der Waals surface area contributed by atoms with E-state index in [0.717, 1.165) is 11.3 Å². The van der Waals surface area contributed by atoms with Gasteiger partial charge in [0, 0.05) is 12.7 Å². The maximum absolute atomic E-state index is 12.3. The summed E-state index contributed by atoms with van der Waals surface area (Å²) in [5.74, 6) is 1.51. The molecule has 0 spiro atoms. The summed E-state index contributed by atoms with van der Waals surface area (Å²) >= 11 is 1.23. The minimum Gasteiger partial charge on any atom is -0.497 e. The summed E-state index contributed by atoms with van der Waals surface area (Å²) in [6, 6.07) is 14.4. The molecule has 2 aromatic carbocycles. The van der Waals surface area contributed by atoms with Gasteiger partial charge in [-0.05, 0) is 36.4 Å². The quantitative estimate of drug-likeness (QED) is 0.406. The lowest BCUT2D eigenvalue weighted by molar-refractivity contribution is -0.118. The minimum absolute atomic E-state index is 0.227. The molecule has 0 unspecified atom stereocenters. The number of para-hydroxylation sites is 1. The molecule has 2 aromatic heterocycles. The van der Waals surface area contributed by atoms with Crippen LogP contribution in [0.1, 0.15) is 5.01 Å². The molecule has 0 aliphatic rings. The summed E-state index contributed by atoms with van der Waals surface area (Å²) in [5.41, 5.74) is 1.36. The molecular formula is C21H19N5O5S. The fourth-order valence-corrected chi connectivity index (χ4v) is 3.47. The van der Waals surface area contributed by atoms with Gasteiger partial charge in [-0.1, -0.05) is 28.6 Å². The highest BCUT2D eigenvalue weighted by Gasteiger charge is 2.16. The van der Waals surface area contributed by atoms with Gasteiger partial charge in [-0.3, -0.25) is 10.1 Å². The lowest BCUT2D eigenvalue weighted by Gasteiger charge is -2.08. The predicted octanol–water partition coefficient (Wildman–Crippen LogP) is 3.43. The highest BCUT2D eigenvalue weighted by molar-refractivity contribution is 7.15. The largest absolute Gasteiger partial charge is 0.497 e. The van der Waals surface area contributed by atoms with Gasteiger partial charge in [0.05, 0.1) is 12.7 Å². The molecule has 4 aromatic rings. The van der Waals surface area contributed by atoms with Crippen molar-refractivity contribution < 1.29 is 23.5 Å². The van der Waals surface area contributed by atoms with Gasteiger partial charge in [0.25, 0.3) is 11.8 Å². The number of ether oxygens (including phenoxy) is 3. The lowest BCUT2D eigenvalue weighted by Crippen LogP contribution is -2.20. The lowest BCUT2D eigenvalue weighted by atomic mass is 10.2. The van der Waals surface area contributed by atoms with Crippen LogP contribution in [-0.4, -0.2) is 47.1 Å². The van der Waals surface area contributed by atoms with Crippen LogP contribution in [0, 0.1) is 0 Å². The van der Waals surface area contributed by atoms with Crippen molar-refractivity contribution in [2.45, 2.75) is 6.61 Å². The number of benzene rings is 2. The molecule has 0 bridgehead atoms. The summed E-state index contributed by atoms with van der Waals surface area (Å²) in [4.78, 5) is 16.7. The third-order valence-electron chi connectivity index (χ3n) is 4.23. The van der Waals surface area contributed by atoms with Crippen LogP contribution in [0.25, 0.3) is 22.8 Å². The van der Waals surface area contributed by atoms with E-state index in [1.165, 1.54) is 11.3 Å². The number of rotatable bonds is 9. The fraction of sp³-hybridized carbons (Fsp3) is 0.190. The number of nitrogens with zero attached hydrogens (tertiary/aromatic N) is 4. The number of nitrogens with one attached hydrogen (secondary N) is 1. The average Bonchev–Trinajstić information content (AvgIpc) is 3.48. The molecule has 32 heavy (non-hydrogen) atoms. The van der Waals surface area contributed by atoms with Crippen molar-refractivity contribution in [3.63, 3.8) is 0 Å². The van der Waals surface area contributed by atoms with E-state index >= 15 is 0 Å². The monoisotopic (exact) mass is 453 g/mol. The highest BCUT2D eigenvalue weighted by atomic mass is 32.1. The topological polar surface area (TPSA) is 121 Å². The average molecular weight is 453 g/mol.